The molecule has 1 aromatic carbocycles. The maximum Gasteiger partial charge on any atom is 0.305 e. The summed E-state index contributed by atoms with van der Waals surface area (Å²) in [7, 11) is -4.03. The highest BCUT2D eigenvalue weighted by atomic mass is 32.2. The summed E-state index contributed by atoms with van der Waals surface area (Å²) < 4.78 is 28.1. The SMILES string of the molecule is O=C(O)CC(NC(=O)C1N(C(=O)CCc2ccccc2)CCN1S(=O)(=O)c1cccs1)C1CCCCC1. The summed E-state index contributed by atoms with van der Waals surface area (Å²) in [4.78, 5) is 39.9. The highest BCUT2D eigenvalue weighted by molar-refractivity contribution is 7.91. The minimum Gasteiger partial charge on any atom is -0.481 e. The Balaban J connectivity index is 1.58. The predicted molar refractivity (Wildman–Crippen MR) is 139 cm³/mol. The minimum absolute atomic E-state index is 0.000196. The summed E-state index contributed by atoms with van der Waals surface area (Å²) in [6.07, 6.45) is 3.58. The number of hydrogen-bond donors (Lipinski definition) is 2. The number of hydrogen-bond acceptors (Lipinski definition) is 6. The maximum atomic E-state index is 13.7. The topological polar surface area (TPSA) is 124 Å². The van der Waals surface area contributed by atoms with Crippen LogP contribution in [-0.2, 0) is 30.8 Å². The number of carboxylic acids is 1. The molecule has 2 atom stereocenters. The average Bonchev–Trinajstić information content (AvgIpc) is 3.59. The van der Waals surface area contributed by atoms with Crippen molar-refractivity contribution in [3.63, 3.8) is 0 Å². The Bertz CT molecular complexity index is 1180. The van der Waals surface area contributed by atoms with Gasteiger partial charge in [0.2, 0.25) is 5.91 Å². The second-order valence-electron chi connectivity index (χ2n) is 9.61. The first-order valence-electron chi connectivity index (χ1n) is 12.7. The van der Waals surface area contributed by atoms with Crippen LogP contribution in [-0.4, -0.2) is 65.8 Å². The monoisotopic (exact) mass is 547 g/mol. The molecule has 2 N–H and O–H groups in total. The molecule has 2 heterocycles. The van der Waals surface area contributed by atoms with E-state index in [-0.39, 0.29) is 42.0 Å². The quantitative estimate of drug-likeness (QED) is 0.471. The van der Waals surface area contributed by atoms with Crippen molar-refractivity contribution in [2.24, 2.45) is 5.92 Å². The summed E-state index contributed by atoms with van der Waals surface area (Å²) >= 11 is 1.05. The van der Waals surface area contributed by atoms with Gasteiger partial charge in [-0.3, -0.25) is 14.4 Å². The molecule has 9 nitrogen and oxygen atoms in total. The lowest BCUT2D eigenvalue weighted by Gasteiger charge is -2.33. The van der Waals surface area contributed by atoms with Crippen LogP contribution < -0.4 is 5.32 Å². The lowest BCUT2D eigenvalue weighted by molar-refractivity contribution is -0.142. The summed E-state index contributed by atoms with van der Waals surface area (Å²) in [5.74, 6) is -2.00. The molecule has 0 bridgehead atoms. The molecule has 2 unspecified atom stereocenters. The van der Waals surface area contributed by atoms with E-state index in [9.17, 15) is 27.9 Å². The zero-order valence-corrected chi connectivity index (χ0v) is 22.3. The summed E-state index contributed by atoms with van der Waals surface area (Å²) in [6.45, 7) is 0.0752. The van der Waals surface area contributed by atoms with E-state index in [2.05, 4.69) is 5.32 Å². The van der Waals surface area contributed by atoms with Gasteiger partial charge in [0.25, 0.3) is 15.9 Å². The molecule has 1 aliphatic heterocycles. The van der Waals surface area contributed by atoms with Crippen LogP contribution in [0.25, 0.3) is 0 Å². The smallest absolute Gasteiger partial charge is 0.305 e. The molecule has 4 rings (SSSR count). The number of thiophene rings is 1. The number of rotatable bonds is 10. The first kappa shape index (κ1) is 27.3. The predicted octanol–water partition coefficient (Wildman–Crippen LogP) is 3.08. The Labute approximate surface area is 221 Å². The molecule has 200 valence electrons. The Morgan fingerprint density at radius 2 is 1.76 bits per heavy atom. The lowest BCUT2D eigenvalue weighted by Crippen LogP contribution is -2.56. The van der Waals surface area contributed by atoms with Crippen molar-refractivity contribution in [2.75, 3.05) is 13.1 Å². The van der Waals surface area contributed by atoms with Gasteiger partial charge < -0.3 is 15.3 Å². The van der Waals surface area contributed by atoms with Crippen molar-refractivity contribution in [1.29, 1.82) is 0 Å². The largest absolute Gasteiger partial charge is 0.481 e. The Morgan fingerprint density at radius 3 is 2.41 bits per heavy atom. The molecule has 1 saturated heterocycles. The molecule has 1 aliphatic carbocycles. The highest BCUT2D eigenvalue weighted by Crippen LogP contribution is 2.30. The molecule has 2 aromatic rings. The zero-order valence-electron chi connectivity index (χ0n) is 20.6. The number of nitrogens with zero attached hydrogens (tertiary/aromatic N) is 2. The van der Waals surface area contributed by atoms with Gasteiger partial charge in [0.05, 0.1) is 6.42 Å². The normalized spacial score (nSPS) is 20.0. The van der Waals surface area contributed by atoms with Crippen molar-refractivity contribution in [3.05, 3.63) is 53.4 Å². The molecule has 37 heavy (non-hydrogen) atoms. The van der Waals surface area contributed by atoms with Gasteiger partial charge in [-0.05, 0) is 42.2 Å². The van der Waals surface area contributed by atoms with Crippen LogP contribution in [0.5, 0.6) is 0 Å². The van der Waals surface area contributed by atoms with E-state index in [0.717, 1.165) is 53.3 Å². The molecule has 0 spiro atoms. The number of aryl methyl sites for hydroxylation is 1. The number of nitrogens with one attached hydrogen (secondary N) is 1. The van der Waals surface area contributed by atoms with Gasteiger partial charge >= 0.3 is 5.97 Å². The highest BCUT2D eigenvalue weighted by Gasteiger charge is 2.47. The molecular formula is C26H33N3O6S2. The van der Waals surface area contributed by atoms with Gasteiger partial charge in [-0.1, -0.05) is 55.7 Å². The third kappa shape index (κ3) is 6.58. The van der Waals surface area contributed by atoms with E-state index >= 15 is 0 Å². The molecule has 2 amide bonds. The third-order valence-corrected chi connectivity index (χ3v) is 10.4. The molecule has 1 saturated carbocycles. The first-order chi connectivity index (χ1) is 17.8. The Morgan fingerprint density at radius 1 is 1.03 bits per heavy atom. The number of carboxylic acid groups (broad SMARTS) is 1. The number of amides is 2. The molecule has 11 heteroatoms. The molecule has 1 aromatic heterocycles. The van der Waals surface area contributed by atoms with Crippen LogP contribution in [0.2, 0.25) is 0 Å². The summed E-state index contributed by atoms with van der Waals surface area (Å²) in [6, 6.07) is 12.0. The molecule has 0 radical (unpaired) electrons. The summed E-state index contributed by atoms with van der Waals surface area (Å²) in [5.41, 5.74) is 0.970. The van der Waals surface area contributed by atoms with E-state index in [0.29, 0.717) is 6.42 Å². The fraction of sp³-hybridized carbons (Fsp3) is 0.500. The van der Waals surface area contributed by atoms with Crippen molar-refractivity contribution in [3.8, 4) is 0 Å². The van der Waals surface area contributed by atoms with Crippen LogP contribution in [0, 0.1) is 5.92 Å². The molecule has 2 fully saturated rings. The van der Waals surface area contributed by atoms with Gasteiger partial charge in [0.15, 0.2) is 6.17 Å². The van der Waals surface area contributed by atoms with Crippen molar-refractivity contribution in [1.82, 2.24) is 14.5 Å². The Hall–Kier alpha value is -2.76. The Kier molecular flexibility index (Phi) is 8.99. The number of carbonyl (C=O) groups excluding carboxylic acids is 2. The van der Waals surface area contributed by atoms with Crippen molar-refractivity contribution in [2.45, 2.75) is 67.8 Å². The van der Waals surface area contributed by atoms with Crippen LogP contribution in [0.1, 0.15) is 50.5 Å². The summed E-state index contributed by atoms with van der Waals surface area (Å²) in [5, 5.41) is 14.0. The second-order valence-corrected chi connectivity index (χ2v) is 12.7. The third-order valence-electron chi connectivity index (χ3n) is 7.15. The van der Waals surface area contributed by atoms with Crippen LogP contribution in [0.3, 0.4) is 0 Å². The van der Waals surface area contributed by atoms with E-state index in [1.54, 1.807) is 11.4 Å². The minimum atomic E-state index is -4.03. The zero-order chi connectivity index (χ0) is 26.4. The van der Waals surface area contributed by atoms with E-state index in [1.807, 2.05) is 30.3 Å². The van der Waals surface area contributed by atoms with Crippen LogP contribution >= 0.6 is 11.3 Å². The second kappa shape index (κ2) is 12.2. The molecular weight excluding hydrogens is 514 g/mol. The van der Waals surface area contributed by atoms with Crippen molar-refractivity contribution < 1.29 is 27.9 Å². The van der Waals surface area contributed by atoms with E-state index in [4.69, 9.17) is 0 Å². The average molecular weight is 548 g/mol. The fourth-order valence-corrected chi connectivity index (χ4v) is 7.94. The van der Waals surface area contributed by atoms with Crippen LogP contribution in [0.15, 0.2) is 52.1 Å². The molecule has 2 aliphatic rings. The van der Waals surface area contributed by atoms with E-state index < -0.39 is 34.1 Å². The number of carbonyl (C=O) groups is 3. The first-order valence-corrected chi connectivity index (χ1v) is 15.0. The van der Waals surface area contributed by atoms with Gasteiger partial charge in [-0.25, -0.2) is 8.42 Å². The maximum absolute atomic E-state index is 13.7. The fourth-order valence-electron chi connectivity index (χ4n) is 5.27. The van der Waals surface area contributed by atoms with Gasteiger partial charge in [0.1, 0.15) is 4.21 Å². The lowest BCUT2D eigenvalue weighted by atomic mass is 9.82. The van der Waals surface area contributed by atoms with Gasteiger partial charge in [0, 0.05) is 25.6 Å². The van der Waals surface area contributed by atoms with Gasteiger partial charge in [-0.2, -0.15) is 4.31 Å². The number of aliphatic carboxylic acids is 1. The standard InChI is InChI=1S/C26H33N3O6S2/c30-22(14-13-19-8-3-1-4-9-19)28-15-16-29(37(34,35)24-12-7-17-36-24)26(28)25(33)27-21(18-23(31)32)20-10-5-2-6-11-20/h1,3-4,7-9,12,17,20-21,26H,2,5-6,10-11,13-16,18H2,(H,27,33)(H,31,32). The number of benzene rings is 1. The van der Waals surface area contributed by atoms with E-state index in [1.165, 1.54) is 11.0 Å². The van der Waals surface area contributed by atoms with Crippen LogP contribution in [0.4, 0.5) is 0 Å². The van der Waals surface area contributed by atoms with Crippen molar-refractivity contribution >= 4 is 39.1 Å². The van der Waals surface area contributed by atoms with Gasteiger partial charge in [-0.15, -0.1) is 11.3 Å². The number of sulfonamides is 1.